The zero-order valence-corrected chi connectivity index (χ0v) is 43.5. The smallest absolute Gasteiger partial charge is 0.324 e. The third kappa shape index (κ3) is 12.8. The Morgan fingerprint density at radius 3 is 1.45 bits per heavy atom. The second-order valence-electron chi connectivity index (χ2n) is 23.3. The zero-order valence-electron chi connectivity index (χ0n) is 43.5. The van der Waals surface area contributed by atoms with E-state index in [0.717, 1.165) is 74.5 Å². The molecule has 0 aromatic heterocycles. The third-order valence-corrected chi connectivity index (χ3v) is 16.5. The summed E-state index contributed by atoms with van der Waals surface area (Å²) >= 11 is 0. The minimum absolute atomic E-state index is 0.0280. The largest absolute Gasteiger partial charge is 0.507 e. The summed E-state index contributed by atoms with van der Waals surface area (Å²) in [6, 6.07) is 4.10. The molecule has 62 heavy (non-hydrogen) atoms. The first-order valence-corrected chi connectivity index (χ1v) is 25.7. The average Bonchev–Trinajstić information content (AvgIpc) is 3.20. The molecule has 0 spiro atoms. The van der Waals surface area contributed by atoms with Crippen LogP contribution in [0.2, 0.25) is 0 Å². The van der Waals surface area contributed by atoms with Crippen LogP contribution in [0.4, 0.5) is 0 Å². The Hall–Kier alpha value is -2.12. The van der Waals surface area contributed by atoms with Crippen molar-refractivity contribution in [3.63, 3.8) is 0 Å². The van der Waals surface area contributed by atoms with Crippen molar-refractivity contribution in [1.82, 2.24) is 10.6 Å². The first-order chi connectivity index (χ1) is 28.8. The summed E-state index contributed by atoms with van der Waals surface area (Å²) in [5.41, 5.74) is -0.713. The minimum Gasteiger partial charge on any atom is -0.507 e. The van der Waals surface area contributed by atoms with Crippen molar-refractivity contribution in [2.24, 2.45) is 17.3 Å². The lowest BCUT2D eigenvalue weighted by atomic mass is 9.67. The maximum absolute atomic E-state index is 15.8. The summed E-state index contributed by atoms with van der Waals surface area (Å²) in [5, 5.41) is 19.8. The quantitative estimate of drug-likeness (QED) is 0.0607. The molecule has 0 saturated carbocycles. The van der Waals surface area contributed by atoms with Gasteiger partial charge in [0.15, 0.2) is 5.41 Å². The monoisotopic (exact) mass is 867 g/mol. The molecule has 2 saturated heterocycles. The van der Waals surface area contributed by atoms with Crippen molar-refractivity contribution in [1.29, 1.82) is 0 Å². The van der Waals surface area contributed by atoms with Crippen LogP contribution in [0, 0.1) is 17.3 Å². The van der Waals surface area contributed by atoms with Gasteiger partial charge in [-0.1, -0.05) is 173 Å². The lowest BCUT2D eigenvalue weighted by Gasteiger charge is -2.54. The van der Waals surface area contributed by atoms with Crippen LogP contribution in [0.25, 0.3) is 0 Å². The fourth-order valence-electron chi connectivity index (χ4n) is 11.1. The van der Waals surface area contributed by atoms with E-state index in [2.05, 4.69) is 128 Å². The number of nitrogens with one attached hydrogen (secondary N) is 2. The Kier molecular flexibility index (Phi) is 19.2. The normalized spacial score (nSPS) is 28.9. The second kappa shape index (κ2) is 21.9. The molecule has 0 aliphatic carbocycles. The fourth-order valence-corrected chi connectivity index (χ4v) is 11.1. The molecule has 0 bridgehead atoms. The molecule has 8 atom stereocenters. The van der Waals surface area contributed by atoms with E-state index in [1.54, 1.807) is 0 Å². The predicted octanol–water partition coefficient (Wildman–Crippen LogP) is 14.0. The molecule has 1 aromatic carbocycles. The maximum Gasteiger partial charge on any atom is 0.324 e. The lowest BCUT2D eigenvalue weighted by Crippen LogP contribution is -2.68. The molecule has 2 fully saturated rings. The molecule has 358 valence electrons. The average molecular weight is 867 g/mol. The van der Waals surface area contributed by atoms with Gasteiger partial charge in [0.05, 0.1) is 0 Å². The first-order valence-electron chi connectivity index (χ1n) is 25.7. The SMILES string of the molecule is CCCCCCCCCCCCC(Cc1cc(C(C)(C)C)c(O)c(C(C)(C)C)c1)(C(=O)OC1CC(C)(CC)NC(C)(CC)C1C)C(=O)OC1CC(C)(CC)NC(CC)(CC)C1C. The number of hydrogen-bond acceptors (Lipinski definition) is 7. The van der Waals surface area contributed by atoms with Gasteiger partial charge in [0.25, 0.3) is 0 Å². The van der Waals surface area contributed by atoms with Gasteiger partial charge in [-0.3, -0.25) is 9.59 Å². The van der Waals surface area contributed by atoms with Crippen LogP contribution >= 0.6 is 0 Å². The molecule has 7 heteroatoms. The van der Waals surface area contributed by atoms with Crippen molar-refractivity contribution in [3.8, 4) is 5.75 Å². The molecule has 0 radical (unpaired) electrons. The van der Waals surface area contributed by atoms with Crippen LogP contribution in [0.15, 0.2) is 12.1 Å². The highest BCUT2D eigenvalue weighted by Gasteiger charge is 2.56. The molecule has 3 rings (SSSR count). The highest BCUT2D eigenvalue weighted by Crippen LogP contribution is 2.46. The Morgan fingerprint density at radius 1 is 0.629 bits per heavy atom. The molecule has 7 nitrogen and oxygen atoms in total. The number of aromatic hydroxyl groups is 1. The van der Waals surface area contributed by atoms with Gasteiger partial charge in [0, 0.05) is 46.8 Å². The topological polar surface area (TPSA) is 96.9 Å². The molecule has 2 aliphatic rings. The Balaban J connectivity index is 2.25. The Morgan fingerprint density at radius 2 is 1.05 bits per heavy atom. The Labute approximate surface area is 382 Å². The molecule has 0 amide bonds. The standard InChI is InChI=1S/C55H98N2O5/c1-18-24-25-26-27-28-29-30-31-32-33-54(36-41-34-42(49(9,10)11)46(58)43(35-41)50(12,13)14,47(59)61-44-37-51(15,19-2)56-53(17,21-4)39(44)7)48(60)62-45-38-52(16,20-3)57-55(22-5,23-6)40(45)8/h34-35,39-40,44-45,56-58H,18-33,36-38H2,1-17H3. The molecular weight excluding hydrogens is 769 g/mol. The lowest BCUT2D eigenvalue weighted by molar-refractivity contribution is -0.189. The summed E-state index contributed by atoms with van der Waals surface area (Å²) < 4.78 is 13.9. The van der Waals surface area contributed by atoms with Crippen LogP contribution in [-0.2, 0) is 36.3 Å². The van der Waals surface area contributed by atoms with Crippen molar-refractivity contribution in [2.45, 2.75) is 285 Å². The molecule has 2 aliphatic heterocycles. The predicted molar refractivity (Wildman–Crippen MR) is 261 cm³/mol. The Bertz CT molecular complexity index is 1550. The van der Waals surface area contributed by atoms with Gasteiger partial charge < -0.3 is 25.2 Å². The highest BCUT2D eigenvalue weighted by molar-refractivity contribution is 6.00. The summed E-state index contributed by atoms with van der Waals surface area (Å²) in [7, 11) is 0. The molecule has 2 heterocycles. The number of piperidine rings is 2. The number of benzene rings is 1. The molecule has 1 aromatic rings. The molecular formula is C55H98N2O5. The molecule has 8 unspecified atom stereocenters. The number of esters is 2. The van der Waals surface area contributed by atoms with E-state index in [0.29, 0.717) is 25.0 Å². The number of phenolic OH excluding ortho intramolecular Hbond substituents is 1. The van der Waals surface area contributed by atoms with Gasteiger partial charge in [0.1, 0.15) is 18.0 Å². The van der Waals surface area contributed by atoms with E-state index in [1.165, 1.54) is 38.5 Å². The third-order valence-electron chi connectivity index (χ3n) is 16.5. The van der Waals surface area contributed by atoms with E-state index in [-0.39, 0.29) is 63.5 Å². The van der Waals surface area contributed by atoms with Crippen LogP contribution in [-0.4, -0.2) is 51.4 Å². The van der Waals surface area contributed by atoms with Crippen LogP contribution in [0.1, 0.15) is 250 Å². The number of carbonyl (C=O) groups excluding carboxylic acids is 2. The molecule has 3 N–H and O–H groups in total. The second-order valence-corrected chi connectivity index (χ2v) is 23.3. The number of hydrogen-bond donors (Lipinski definition) is 3. The first kappa shape index (κ1) is 54.2. The van der Waals surface area contributed by atoms with Gasteiger partial charge >= 0.3 is 11.9 Å². The van der Waals surface area contributed by atoms with Crippen molar-refractivity contribution in [3.05, 3.63) is 28.8 Å². The summed E-state index contributed by atoms with van der Waals surface area (Å²) in [5.74, 6) is -0.536. The number of phenols is 1. The van der Waals surface area contributed by atoms with Crippen LogP contribution < -0.4 is 10.6 Å². The van der Waals surface area contributed by atoms with E-state index in [4.69, 9.17) is 9.47 Å². The summed E-state index contributed by atoms with van der Waals surface area (Å²) in [6.45, 7) is 37.2. The fraction of sp³-hybridized carbons (Fsp3) is 0.855. The minimum atomic E-state index is -1.58. The van der Waals surface area contributed by atoms with Gasteiger partial charge in [-0.25, -0.2) is 0 Å². The zero-order chi connectivity index (χ0) is 47.0. The van der Waals surface area contributed by atoms with Gasteiger partial charge in [-0.15, -0.1) is 0 Å². The number of unbranched alkanes of at least 4 members (excludes halogenated alkanes) is 9. The van der Waals surface area contributed by atoms with Crippen molar-refractivity contribution < 1.29 is 24.2 Å². The van der Waals surface area contributed by atoms with Crippen LogP contribution in [0.5, 0.6) is 5.75 Å². The van der Waals surface area contributed by atoms with Gasteiger partial charge in [0.2, 0.25) is 0 Å². The van der Waals surface area contributed by atoms with Gasteiger partial charge in [-0.05, 0) is 93.2 Å². The number of carbonyl (C=O) groups is 2. The van der Waals surface area contributed by atoms with E-state index >= 15 is 9.59 Å². The van der Waals surface area contributed by atoms with E-state index < -0.39 is 17.4 Å². The highest BCUT2D eigenvalue weighted by atomic mass is 16.6. The van der Waals surface area contributed by atoms with Gasteiger partial charge in [-0.2, -0.15) is 0 Å². The number of rotatable bonds is 22. The van der Waals surface area contributed by atoms with E-state index in [9.17, 15) is 5.11 Å². The van der Waals surface area contributed by atoms with Crippen LogP contribution in [0.3, 0.4) is 0 Å². The number of ether oxygens (including phenoxy) is 2. The van der Waals surface area contributed by atoms with E-state index in [1.807, 2.05) is 12.1 Å². The van der Waals surface area contributed by atoms with Crippen molar-refractivity contribution >= 4 is 11.9 Å². The van der Waals surface area contributed by atoms with Crippen molar-refractivity contribution in [2.75, 3.05) is 0 Å². The summed E-state index contributed by atoms with van der Waals surface area (Å²) in [6.07, 6.45) is 17.2. The summed E-state index contributed by atoms with van der Waals surface area (Å²) in [4.78, 5) is 31.6. The maximum atomic E-state index is 15.8.